The molecule has 0 aliphatic heterocycles. The van der Waals surface area contributed by atoms with Gasteiger partial charge in [-0.05, 0) is 12.1 Å². The second kappa shape index (κ2) is 5.61. The Balaban J connectivity index is 2.13. The number of sulfonamides is 1. The highest BCUT2D eigenvalue weighted by molar-refractivity contribution is 7.89. The van der Waals surface area contributed by atoms with Gasteiger partial charge in [0.25, 0.3) is 10.0 Å². The molecule has 0 radical (unpaired) electrons. The summed E-state index contributed by atoms with van der Waals surface area (Å²) < 4.78 is 39.1. The minimum absolute atomic E-state index is 0.173. The number of nitrogens with one attached hydrogen (secondary N) is 1. The molecule has 0 aliphatic carbocycles. The summed E-state index contributed by atoms with van der Waals surface area (Å²) in [6.07, 6.45) is 1.16. The number of pyridine rings is 1. The topological polar surface area (TPSA) is 109 Å². The number of rotatable bonds is 5. The largest absolute Gasteiger partial charge is 0.476 e. The van der Waals surface area contributed by atoms with Gasteiger partial charge < -0.3 is 5.11 Å². The summed E-state index contributed by atoms with van der Waals surface area (Å²) in [4.78, 5) is 17.8. The molecule has 20 heavy (non-hydrogen) atoms. The molecule has 0 unspecified atom stereocenters. The zero-order chi connectivity index (χ0) is 14.8. The van der Waals surface area contributed by atoms with Gasteiger partial charge in [0.05, 0.1) is 6.54 Å². The maximum atomic E-state index is 13.3. The first-order chi connectivity index (χ1) is 9.40. The van der Waals surface area contributed by atoms with E-state index in [1.54, 1.807) is 0 Å². The van der Waals surface area contributed by atoms with Gasteiger partial charge in [-0.2, -0.15) is 0 Å². The molecular formula is C10H8FN3O4S2. The van der Waals surface area contributed by atoms with Gasteiger partial charge in [-0.1, -0.05) is 0 Å². The van der Waals surface area contributed by atoms with Crippen molar-refractivity contribution >= 4 is 27.3 Å². The molecule has 0 spiro atoms. The molecule has 0 fully saturated rings. The number of nitrogens with zero attached hydrogens (tertiary/aromatic N) is 2. The zero-order valence-electron chi connectivity index (χ0n) is 9.78. The van der Waals surface area contributed by atoms with Crippen molar-refractivity contribution in [3.05, 3.63) is 40.2 Å². The maximum absolute atomic E-state index is 13.3. The molecule has 2 aromatic rings. The highest BCUT2D eigenvalue weighted by atomic mass is 32.2. The van der Waals surface area contributed by atoms with Gasteiger partial charge >= 0.3 is 5.97 Å². The third-order valence-corrected chi connectivity index (χ3v) is 4.35. The van der Waals surface area contributed by atoms with E-state index < -0.39 is 26.8 Å². The number of aromatic carboxylic acids is 1. The van der Waals surface area contributed by atoms with Crippen LogP contribution in [0.15, 0.2) is 28.7 Å². The normalized spacial score (nSPS) is 11.4. The van der Waals surface area contributed by atoms with Crippen LogP contribution in [-0.2, 0) is 16.6 Å². The van der Waals surface area contributed by atoms with Crippen LogP contribution in [-0.4, -0.2) is 29.5 Å². The van der Waals surface area contributed by atoms with Gasteiger partial charge in [0, 0.05) is 11.6 Å². The van der Waals surface area contributed by atoms with E-state index in [4.69, 9.17) is 5.11 Å². The Morgan fingerprint density at radius 2 is 2.25 bits per heavy atom. The minimum atomic E-state index is -4.12. The van der Waals surface area contributed by atoms with Gasteiger partial charge in [-0.3, -0.25) is 0 Å². The first-order valence-electron chi connectivity index (χ1n) is 5.18. The second-order valence-corrected chi connectivity index (χ2v) is 6.17. The van der Waals surface area contributed by atoms with Crippen LogP contribution < -0.4 is 4.72 Å². The van der Waals surface area contributed by atoms with Crippen molar-refractivity contribution in [2.45, 2.75) is 11.6 Å². The third-order valence-electron chi connectivity index (χ3n) is 2.16. The Morgan fingerprint density at radius 3 is 2.85 bits per heavy atom. The van der Waals surface area contributed by atoms with E-state index in [0.717, 1.165) is 23.6 Å². The second-order valence-electron chi connectivity index (χ2n) is 3.55. The van der Waals surface area contributed by atoms with Crippen molar-refractivity contribution in [1.82, 2.24) is 14.7 Å². The average molecular weight is 317 g/mol. The molecular weight excluding hydrogens is 309 g/mol. The smallest absolute Gasteiger partial charge is 0.355 e. The molecule has 2 aromatic heterocycles. The summed E-state index contributed by atoms with van der Waals surface area (Å²) in [5.41, 5.74) is -0.173. The van der Waals surface area contributed by atoms with Crippen LogP contribution in [0.4, 0.5) is 4.39 Å². The molecule has 2 rings (SSSR count). The Hall–Kier alpha value is -1.91. The summed E-state index contributed by atoms with van der Waals surface area (Å²) in [5, 5.41) is 9.51. The standard InChI is InChI=1S/C10H8FN3O4S2/c11-6-2-1-3-12-9(6)20(17,18)13-4-8-14-7(5-19-8)10(15)16/h1-3,5,13H,4H2,(H,15,16). The molecule has 106 valence electrons. The van der Waals surface area contributed by atoms with E-state index in [9.17, 15) is 17.6 Å². The molecule has 0 aliphatic rings. The lowest BCUT2D eigenvalue weighted by Crippen LogP contribution is -2.25. The van der Waals surface area contributed by atoms with Gasteiger partial charge in [0.2, 0.25) is 5.03 Å². The molecule has 0 atom stereocenters. The molecule has 10 heteroatoms. The van der Waals surface area contributed by atoms with E-state index in [2.05, 4.69) is 14.7 Å². The summed E-state index contributed by atoms with van der Waals surface area (Å²) in [5.74, 6) is -2.17. The zero-order valence-corrected chi connectivity index (χ0v) is 11.4. The van der Waals surface area contributed by atoms with Crippen LogP contribution >= 0.6 is 11.3 Å². The fourth-order valence-corrected chi connectivity index (χ4v) is 3.07. The molecule has 2 heterocycles. The molecule has 0 saturated heterocycles. The predicted molar refractivity (Wildman–Crippen MR) is 67.3 cm³/mol. The van der Waals surface area contributed by atoms with Crippen molar-refractivity contribution in [2.75, 3.05) is 0 Å². The van der Waals surface area contributed by atoms with Crippen LogP contribution in [0.5, 0.6) is 0 Å². The Labute approximate surface area is 117 Å². The number of thiazole rings is 1. The van der Waals surface area contributed by atoms with Crippen molar-refractivity contribution in [2.24, 2.45) is 0 Å². The quantitative estimate of drug-likeness (QED) is 0.846. The SMILES string of the molecule is O=C(O)c1csc(CNS(=O)(=O)c2ncccc2F)n1. The highest BCUT2D eigenvalue weighted by Gasteiger charge is 2.20. The van der Waals surface area contributed by atoms with Crippen molar-refractivity contribution in [1.29, 1.82) is 0 Å². The average Bonchev–Trinajstić information content (AvgIpc) is 2.86. The Morgan fingerprint density at radius 1 is 1.50 bits per heavy atom. The molecule has 7 nitrogen and oxygen atoms in total. The summed E-state index contributed by atoms with van der Waals surface area (Å²) in [7, 11) is -4.12. The lowest BCUT2D eigenvalue weighted by atomic mass is 10.5. The van der Waals surface area contributed by atoms with Crippen LogP contribution in [0.25, 0.3) is 0 Å². The van der Waals surface area contributed by atoms with Gasteiger partial charge in [0.15, 0.2) is 11.5 Å². The first-order valence-corrected chi connectivity index (χ1v) is 7.54. The van der Waals surface area contributed by atoms with Crippen LogP contribution in [0.3, 0.4) is 0 Å². The lowest BCUT2D eigenvalue weighted by Gasteiger charge is -2.04. The van der Waals surface area contributed by atoms with E-state index >= 15 is 0 Å². The fraction of sp³-hybridized carbons (Fsp3) is 0.100. The van der Waals surface area contributed by atoms with Crippen molar-refractivity contribution in [3.8, 4) is 0 Å². The van der Waals surface area contributed by atoms with Crippen molar-refractivity contribution < 1.29 is 22.7 Å². The highest BCUT2D eigenvalue weighted by Crippen LogP contribution is 2.13. The van der Waals surface area contributed by atoms with Crippen LogP contribution in [0, 0.1) is 5.82 Å². The lowest BCUT2D eigenvalue weighted by molar-refractivity contribution is 0.0691. The Bertz CT molecular complexity index is 744. The maximum Gasteiger partial charge on any atom is 0.355 e. The predicted octanol–water partition coefficient (Wildman–Crippen LogP) is 0.854. The van der Waals surface area contributed by atoms with E-state index in [-0.39, 0.29) is 17.2 Å². The summed E-state index contributed by atoms with van der Waals surface area (Å²) >= 11 is 0.985. The molecule has 0 aromatic carbocycles. The molecule has 0 saturated carbocycles. The number of carbonyl (C=O) groups is 1. The van der Waals surface area contributed by atoms with E-state index in [1.807, 2.05) is 0 Å². The molecule has 0 bridgehead atoms. The first kappa shape index (κ1) is 14.5. The summed E-state index contributed by atoms with van der Waals surface area (Å²) in [6.45, 7) is -0.240. The number of halogens is 1. The van der Waals surface area contributed by atoms with Crippen LogP contribution in [0.1, 0.15) is 15.5 Å². The monoisotopic (exact) mass is 317 g/mol. The number of carboxylic acid groups (broad SMARTS) is 1. The van der Waals surface area contributed by atoms with E-state index in [0.29, 0.717) is 0 Å². The van der Waals surface area contributed by atoms with Crippen molar-refractivity contribution in [3.63, 3.8) is 0 Å². The molecule has 2 N–H and O–H groups in total. The fourth-order valence-electron chi connectivity index (χ4n) is 1.28. The number of hydrogen-bond donors (Lipinski definition) is 2. The third kappa shape index (κ3) is 3.15. The van der Waals surface area contributed by atoms with E-state index in [1.165, 1.54) is 11.4 Å². The van der Waals surface area contributed by atoms with Crippen LogP contribution in [0.2, 0.25) is 0 Å². The van der Waals surface area contributed by atoms with Gasteiger partial charge in [-0.25, -0.2) is 32.3 Å². The van der Waals surface area contributed by atoms with Gasteiger partial charge in [0.1, 0.15) is 5.01 Å². The molecule has 0 amide bonds. The van der Waals surface area contributed by atoms with Gasteiger partial charge in [-0.15, -0.1) is 11.3 Å². The number of hydrogen-bond acceptors (Lipinski definition) is 6. The summed E-state index contributed by atoms with van der Waals surface area (Å²) in [6, 6.07) is 2.25. The minimum Gasteiger partial charge on any atom is -0.476 e. The number of carboxylic acids is 1. The Kier molecular flexibility index (Phi) is 4.06. The number of aromatic nitrogens is 2.